The van der Waals surface area contributed by atoms with E-state index in [2.05, 4.69) is 25.8 Å². The summed E-state index contributed by atoms with van der Waals surface area (Å²) >= 11 is 6.19. The molecule has 0 bridgehead atoms. The van der Waals surface area contributed by atoms with Crippen molar-refractivity contribution in [1.82, 2.24) is 9.55 Å². The number of hydrogen-bond donors (Lipinski definition) is 0. The lowest BCUT2D eigenvalue weighted by Gasteiger charge is -2.23. The van der Waals surface area contributed by atoms with Crippen LogP contribution in [0.15, 0.2) is 29.1 Å². The average molecular weight is 279 g/mol. The summed E-state index contributed by atoms with van der Waals surface area (Å²) < 4.78 is 1.71. The van der Waals surface area contributed by atoms with Gasteiger partial charge in [0, 0.05) is 6.54 Å². The van der Waals surface area contributed by atoms with E-state index < -0.39 is 0 Å². The highest BCUT2D eigenvalue weighted by molar-refractivity contribution is 6.20. The number of halogens is 1. The van der Waals surface area contributed by atoms with E-state index in [1.165, 1.54) is 0 Å². The fourth-order valence-corrected chi connectivity index (χ4v) is 2.28. The molecule has 0 N–H and O–H groups in total. The minimum atomic E-state index is -0.292. The molecule has 4 heteroatoms. The quantitative estimate of drug-likeness (QED) is 0.785. The van der Waals surface area contributed by atoms with Gasteiger partial charge in [0.25, 0.3) is 5.56 Å². The lowest BCUT2D eigenvalue weighted by molar-refractivity contribution is 0.331. The van der Waals surface area contributed by atoms with E-state index in [0.29, 0.717) is 23.3 Å². The highest BCUT2D eigenvalue weighted by Crippen LogP contribution is 2.22. The number of para-hydroxylation sites is 1. The van der Waals surface area contributed by atoms with Crippen LogP contribution < -0.4 is 5.56 Å². The third kappa shape index (κ3) is 2.98. The monoisotopic (exact) mass is 278 g/mol. The molecule has 1 heterocycles. The number of hydrogen-bond acceptors (Lipinski definition) is 2. The maximum atomic E-state index is 12.6. The lowest BCUT2D eigenvalue weighted by Crippen LogP contribution is -2.30. The first-order chi connectivity index (χ1) is 8.79. The number of rotatable bonds is 2. The molecule has 0 aliphatic heterocycles. The minimum Gasteiger partial charge on any atom is -0.294 e. The van der Waals surface area contributed by atoms with Crippen molar-refractivity contribution in [2.45, 2.75) is 39.6 Å². The second-order valence-electron chi connectivity index (χ2n) is 6.06. The number of alkyl halides is 1. The van der Waals surface area contributed by atoms with Gasteiger partial charge in [-0.05, 0) is 24.5 Å². The van der Waals surface area contributed by atoms with Crippen LogP contribution in [-0.2, 0) is 6.54 Å². The molecule has 1 atom stereocenters. The van der Waals surface area contributed by atoms with E-state index in [1.54, 1.807) is 4.57 Å². The van der Waals surface area contributed by atoms with Gasteiger partial charge in [-0.2, -0.15) is 0 Å². The Balaban J connectivity index is 2.75. The van der Waals surface area contributed by atoms with Gasteiger partial charge in [0.05, 0.1) is 16.3 Å². The van der Waals surface area contributed by atoms with Gasteiger partial charge in [-0.3, -0.25) is 9.36 Å². The molecule has 0 fully saturated rings. The summed E-state index contributed by atoms with van der Waals surface area (Å²) in [5.41, 5.74) is 0.692. The van der Waals surface area contributed by atoms with E-state index in [1.807, 2.05) is 31.2 Å². The Hall–Kier alpha value is -1.35. The van der Waals surface area contributed by atoms with Gasteiger partial charge in [0.2, 0.25) is 0 Å². The molecule has 102 valence electrons. The molecular formula is C15H19ClN2O. The van der Waals surface area contributed by atoms with Crippen molar-refractivity contribution in [1.29, 1.82) is 0 Å². The molecule has 0 spiro atoms. The van der Waals surface area contributed by atoms with Gasteiger partial charge < -0.3 is 0 Å². The van der Waals surface area contributed by atoms with Crippen LogP contribution in [0.4, 0.5) is 0 Å². The maximum absolute atomic E-state index is 12.6. The molecule has 2 aromatic rings. The van der Waals surface area contributed by atoms with Gasteiger partial charge in [-0.1, -0.05) is 32.9 Å². The van der Waals surface area contributed by atoms with Crippen LogP contribution in [0.1, 0.15) is 38.9 Å². The number of nitrogens with zero attached hydrogens (tertiary/aromatic N) is 2. The molecule has 1 aromatic heterocycles. The number of fused-ring (bicyclic) bond motifs is 1. The van der Waals surface area contributed by atoms with Crippen LogP contribution in [0.25, 0.3) is 10.9 Å². The highest BCUT2D eigenvalue weighted by Gasteiger charge is 2.19. The number of benzene rings is 1. The molecule has 19 heavy (non-hydrogen) atoms. The maximum Gasteiger partial charge on any atom is 0.261 e. The number of aromatic nitrogens is 2. The molecule has 0 aliphatic rings. The van der Waals surface area contributed by atoms with Gasteiger partial charge >= 0.3 is 0 Å². The van der Waals surface area contributed by atoms with Crippen LogP contribution >= 0.6 is 11.6 Å². The topological polar surface area (TPSA) is 34.9 Å². The Morgan fingerprint density at radius 3 is 2.53 bits per heavy atom. The largest absolute Gasteiger partial charge is 0.294 e. The third-order valence-electron chi connectivity index (χ3n) is 2.88. The van der Waals surface area contributed by atoms with E-state index >= 15 is 0 Å². The Morgan fingerprint density at radius 1 is 1.32 bits per heavy atom. The van der Waals surface area contributed by atoms with Gasteiger partial charge in [0.15, 0.2) is 0 Å². The van der Waals surface area contributed by atoms with Crippen molar-refractivity contribution in [3.8, 4) is 0 Å². The Bertz CT molecular complexity index is 653. The predicted molar refractivity (Wildman–Crippen MR) is 79.7 cm³/mol. The highest BCUT2D eigenvalue weighted by atomic mass is 35.5. The first-order valence-corrected chi connectivity index (χ1v) is 6.87. The molecule has 0 radical (unpaired) electrons. The summed E-state index contributed by atoms with van der Waals surface area (Å²) in [6, 6.07) is 7.40. The minimum absolute atomic E-state index is 0.00546. The second-order valence-corrected chi connectivity index (χ2v) is 6.71. The molecule has 0 aliphatic carbocycles. The van der Waals surface area contributed by atoms with E-state index in [4.69, 9.17) is 11.6 Å². The molecule has 0 amide bonds. The van der Waals surface area contributed by atoms with Crippen molar-refractivity contribution in [3.63, 3.8) is 0 Å². The zero-order valence-corrected chi connectivity index (χ0v) is 12.5. The zero-order chi connectivity index (χ0) is 14.2. The molecule has 1 aromatic carbocycles. The van der Waals surface area contributed by atoms with E-state index in [9.17, 15) is 4.79 Å². The Labute approximate surface area is 118 Å². The van der Waals surface area contributed by atoms with Crippen molar-refractivity contribution >= 4 is 22.5 Å². The summed E-state index contributed by atoms with van der Waals surface area (Å²) in [6.45, 7) is 8.74. The standard InChI is InChI=1S/C15H19ClN2O/c1-10(16)13-17-12-8-6-5-7-11(12)14(19)18(13)9-15(2,3)4/h5-8,10H,9H2,1-4H3. The summed E-state index contributed by atoms with van der Waals surface area (Å²) in [5, 5.41) is 0.354. The summed E-state index contributed by atoms with van der Waals surface area (Å²) in [7, 11) is 0. The van der Waals surface area contributed by atoms with Crippen LogP contribution in [-0.4, -0.2) is 9.55 Å². The van der Waals surface area contributed by atoms with Gasteiger partial charge in [-0.15, -0.1) is 11.6 Å². The molecular weight excluding hydrogens is 260 g/mol. The molecule has 2 rings (SSSR count). The first kappa shape index (κ1) is 14.1. The smallest absolute Gasteiger partial charge is 0.261 e. The fraction of sp³-hybridized carbons (Fsp3) is 0.467. The summed E-state index contributed by atoms with van der Waals surface area (Å²) in [6.07, 6.45) is 0. The molecule has 1 unspecified atom stereocenters. The van der Waals surface area contributed by atoms with E-state index in [0.717, 1.165) is 0 Å². The van der Waals surface area contributed by atoms with Crippen LogP contribution in [0.2, 0.25) is 0 Å². The van der Waals surface area contributed by atoms with Crippen molar-refractivity contribution in [2.24, 2.45) is 5.41 Å². The van der Waals surface area contributed by atoms with Crippen molar-refractivity contribution in [2.75, 3.05) is 0 Å². The van der Waals surface area contributed by atoms with Crippen LogP contribution in [0.5, 0.6) is 0 Å². The summed E-state index contributed by atoms with van der Waals surface area (Å²) in [4.78, 5) is 17.1. The van der Waals surface area contributed by atoms with Gasteiger partial charge in [0.1, 0.15) is 5.82 Å². The SMILES string of the molecule is CC(Cl)c1nc2ccccc2c(=O)n1CC(C)(C)C. The normalized spacial score (nSPS) is 13.7. The van der Waals surface area contributed by atoms with E-state index in [-0.39, 0.29) is 16.4 Å². The molecule has 0 saturated carbocycles. The fourth-order valence-electron chi connectivity index (χ4n) is 2.12. The molecule has 3 nitrogen and oxygen atoms in total. The van der Waals surface area contributed by atoms with Gasteiger partial charge in [-0.25, -0.2) is 4.98 Å². The van der Waals surface area contributed by atoms with Crippen molar-refractivity contribution in [3.05, 3.63) is 40.4 Å². The van der Waals surface area contributed by atoms with Crippen LogP contribution in [0, 0.1) is 5.41 Å². The summed E-state index contributed by atoms with van der Waals surface area (Å²) in [5.74, 6) is 0.639. The Kier molecular flexibility index (Phi) is 3.68. The lowest BCUT2D eigenvalue weighted by atomic mass is 9.96. The Morgan fingerprint density at radius 2 is 1.95 bits per heavy atom. The van der Waals surface area contributed by atoms with Crippen molar-refractivity contribution < 1.29 is 0 Å². The third-order valence-corrected chi connectivity index (χ3v) is 3.07. The predicted octanol–water partition coefficient (Wildman–Crippen LogP) is 3.74. The van der Waals surface area contributed by atoms with Crippen LogP contribution in [0.3, 0.4) is 0 Å². The zero-order valence-electron chi connectivity index (χ0n) is 11.8. The molecule has 0 saturated heterocycles. The first-order valence-electron chi connectivity index (χ1n) is 6.43. The average Bonchev–Trinajstić information content (AvgIpc) is 2.31. The second kappa shape index (κ2) is 4.97.